The van der Waals surface area contributed by atoms with Gasteiger partial charge in [-0.15, -0.1) is 0 Å². The van der Waals surface area contributed by atoms with Gasteiger partial charge in [-0.05, 0) is 25.0 Å². The lowest BCUT2D eigenvalue weighted by Gasteiger charge is -2.37. The smallest absolute Gasteiger partial charge is 0.193 e. The van der Waals surface area contributed by atoms with E-state index >= 15 is 0 Å². The summed E-state index contributed by atoms with van der Waals surface area (Å²) in [6.07, 6.45) is 3.72. The summed E-state index contributed by atoms with van der Waals surface area (Å²) >= 11 is 0. The average Bonchev–Trinajstić information content (AvgIpc) is 2.56. The van der Waals surface area contributed by atoms with Gasteiger partial charge < -0.3 is 25.6 Å². The van der Waals surface area contributed by atoms with Gasteiger partial charge in [0, 0.05) is 17.2 Å². The second-order valence-corrected chi connectivity index (χ2v) is 6.31. The summed E-state index contributed by atoms with van der Waals surface area (Å²) in [6, 6.07) is 5.46. The molecule has 1 saturated carbocycles. The van der Waals surface area contributed by atoms with Gasteiger partial charge in [-0.1, -0.05) is 19.8 Å². The fraction of sp³-hybridized carbons (Fsp3) is 0.588. The highest BCUT2D eigenvalue weighted by molar-refractivity contribution is 5.92. The van der Waals surface area contributed by atoms with Crippen molar-refractivity contribution in [2.24, 2.45) is 16.1 Å². The number of nitrogens with zero attached hydrogens (tertiary/aromatic N) is 1. The van der Waals surface area contributed by atoms with Crippen LogP contribution in [0.25, 0.3) is 0 Å². The third-order valence-electron chi connectivity index (χ3n) is 4.55. The molecule has 0 spiro atoms. The number of aliphatic hydroxyl groups excluding tert-OH is 1. The van der Waals surface area contributed by atoms with Crippen molar-refractivity contribution in [3.05, 3.63) is 18.2 Å². The van der Waals surface area contributed by atoms with Gasteiger partial charge in [0.15, 0.2) is 17.5 Å². The third kappa shape index (κ3) is 4.28. The van der Waals surface area contributed by atoms with E-state index in [1.165, 1.54) is 0 Å². The lowest BCUT2D eigenvalue weighted by molar-refractivity contribution is 0.00724. The summed E-state index contributed by atoms with van der Waals surface area (Å²) in [5, 5.41) is 13.2. The molecular weight excluding hydrogens is 294 g/mol. The van der Waals surface area contributed by atoms with Crippen LogP contribution >= 0.6 is 0 Å². The first-order valence-electron chi connectivity index (χ1n) is 7.95. The number of aliphatic hydroxyl groups is 1. The highest BCUT2D eigenvalue weighted by Gasteiger charge is 2.35. The Labute approximate surface area is 137 Å². The number of benzene rings is 1. The summed E-state index contributed by atoms with van der Waals surface area (Å²) in [7, 11) is 3.18. The number of guanidine groups is 1. The molecule has 128 valence electrons. The van der Waals surface area contributed by atoms with Gasteiger partial charge in [-0.3, -0.25) is 4.99 Å². The van der Waals surface area contributed by atoms with Crippen LogP contribution in [0, 0.1) is 5.41 Å². The van der Waals surface area contributed by atoms with Gasteiger partial charge in [0.1, 0.15) is 0 Å². The molecule has 2 rings (SSSR count). The molecule has 2 unspecified atom stereocenters. The van der Waals surface area contributed by atoms with Gasteiger partial charge in [0.25, 0.3) is 0 Å². The molecular formula is C17H27N3O3. The molecule has 6 heteroatoms. The Morgan fingerprint density at radius 1 is 1.35 bits per heavy atom. The maximum Gasteiger partial charge on any atom is 0.193 e. The molecule has 0 amide bonds. The summed E-state index contributed by atoms with van der Waals surface area (Å²) in [5.41, 5.74) is 6.56. The maximum absolute atomic E-state index is 10.2. The van der Waals surface area contributed by atoms with Crippen LogP contribution in [-0.4, -0.2) is 37.9 Å². The van der Waals surface area contributed by atoms with E-state index in [0.29, 0.717) is 24.0 Å². The fourth-order valence-electron chi connectivity index (χ4n) is 2.93. The number of rotatable bonds is 5. The molecule has 0 radical (unpaired) electrons. The normalized spacial score (nSPS) is 25.0. The number of hydrogen-bond donors (Lipinski definition) is 3. The van der Waals surface area contributed by atoms with E-state index in [4.69, 9.17) is 15.2 Å². The molecule has 6 nitrogen and oxygen atoms in total. The summed E-state index contributed by atoms with van der Waals surface area (Å²) < 4.78 is 10.5. The van der Waals surface area contributed by atoms with Crippen molar-refractivity contribution >= 4 is 11.6 Å². The predicted molar refractivity (Wildman–Crippen MR) is 92.2 cm³/mol. The van der Waals surface area contributed by atoms with Gasteiger partial charge in [0.05, 0.1) is 26.9 Å². The largest absolute Gasteiger partial charge is 0.493 e. The van der Waals surface area contributed by atoms with Crippen molar-refractivity contribution in [1.29, 1.82) is 0 Å². The second kappa shape index (κ2) is 7.55. The van der Waals surface area contributed by atoms with Gasteiger partial charge >= 0.3 is 0 Å². The van der Waals surface area contributed by atoms with Crippen molar-refractivity contribution in [3.8, 4) is 11.5 Å². The van der Waals surface area contributed by atoms with Crippen LogP contribution in [0.5, 0.6) is 11.5 Å². The van der Waals surface area contributed by atoms with E-state index in [9.17, 15) is 5.11 Å². The maximum atomic E-state index is 10.2. The molecule has 1 aromatic rings. The number of ether oxygens (including phenoxy) is 2. The summed E-state index contributed by atoms with van der Waals surface area (Å²) in [6.45, 7) is 2.59. The molecule has 23 heavy (non-hydrogen) atoms. The lowest BCUT2D eigenvalue weighted by atomic mass is 9.73. The minimum atomic E-state index is -0.311. The SMILES string of the molecule is COc1ccc(NC(N)=NCC2(C)CCCCC2O)cc1OC. The fourth-order valence-corrected chi connectivity index (χ4v) is 2.93. The molecule has 1 aliphatic carbocycles. The first kappa shape index (κ1) is 17.4. The molecule has 0 heterocycles. The molecule has 4 N–H and O–H groups in total. The molecule has 1 aromatic carbocycles. The van der Waals surface area contributed by atoms with Crippen LogP contribution in [0.4, 0.5) is 5.69 Å². The number of nitrogens with two attached hydrogens (primary N) is 1. The monoisotopic (exact) mass is 321 g/mol. The standard InChI is InChI=1S/C17H27N3O3/c1-17(9-5-4-6-15(17)21)11-19-16(18)20-12-7-8-13(22-2)14(10-12)23-3/h7-8,10,15,21H,4-6,9,11H2,1-3H3,(H3,18,19,20). The zero-order chi connectivity index (χ0) is 16.9. The topological polar surface area (TPSA) is 89.1 Å². The molecule has 2 atom stereocenters. The van der Waals surface area contributed by atoms with Crippen LogP contribution in [0.2, 0.25) is 0 Å². The van der Waals surface area contributed by atoms with E-state index in [1.54, 1.807) is 26.4 Å². The van der Waals surface area contributed by atoms with Crippen molar-refractivity contribution in [2.45, 2.75) is 38.7 Å². The summed E-state index contributed by atoms with van der Waals surface area (Å²) in [5.74, 6) is 1.61. The zero-order valence-corrected chi connectivity index (χ0v) is 14.1. The molecule has 1 aliphatic rings. The average molecular weight is 321 g/mol. The third-order valence-corrected chi connectivity index (χ3v) is 4.55. The number of nitrogens with one attached hydrogen (secondary N) is 1. The van der Waals surface area contributed by atoms with Crippen LogP contribution < -0.4 is 20.5 Å². The Hall–Kier alpha value is -1.95. The van der Waals surface area contributed by atoms with Crippen LogP contribution in [0.15, 0.2) is 23.2 Å². The highest BCUT2D eigenvalue weighted by Crippen LogP contribution is 2.36. The Morgan fingerprint density at radius 3 is 2.74 bits per heavy atom. The highest BCUT2D eigenvalue weighted by atomic mass is 16.5. The minimum Gasteiger partial charge on any atom is -0.493 e. The number of anilines is 1. The molecule has 0 aliphatic heterocycles. The van der Waals surface area contributed by atoms with E-state index in [-0.39, 0.29) is 11.5 Å². The quantitative estimate of drug-likeness (QED) is 0.572. The van der Waals surface area contributed by atoms with Crippen LogP contribution in [-0.2, 0) is 0 Å². The first-order chi connectivity index (χ1) is 11.0. The second-order valence-electron chi connectivity index (χ2n) is 6.31. The first-order valence-corrected chi connectivity index (χ1v) is 7.95. The number of hydrogen-bond acceptors (Lipinski definition) is 4. The van der Waals surface area contributed by atoms with E-state index in [2.05, 4.69) is 17.2 Å². The van der Waals surface area contributed by atoms with Crippen molar-refractivity contribution in [3.63, 3.8) is 0 Å². The Balaban J connectivity index is 2.02. The minimum absolute atomic E-state index is 0.192. The lowest BCUT2D eigenvalue weighted by Crippen LogP contribution is -2.39. The van der Waals surface area contributed by atoms with Crippen molar-refractivity contribution in [1.82, 2.24) is 0 Å². The van der Waals surface area contributed by atoms with E-state index in [0.717, 1.165) is 31.4 Å². The number of methoxy groups -OCH3 is 2. The van der Waals surface area contributed by atoms with Crippen LogP contribution in [0.3, 0.4) is 0 Å². The van der Waals surface area contributed by atoms with Gasteiger partial charge in [-0.25, -0.2) is 0 Å². The Kier molecular flexibility index (Phi) is 5.71. The van der Waals surface area contributed by atoms with E-state index in [1.807, 2.05) is 6.07 Å². The molecule has 1 fully saturated rings. The van der Waals surface area contributed by atoms with Gasteiger partial charge in [0.2, 0.25) is 0 Å². The Morgan fingerprint density at radius 2 is 2.09 bits per heavy atom. The zero-order valence-electron chi connectivity index (χ0n) is 14.1. The van der Waals surface area contributed by atoms with Crippen LogP contribution in [0.1, 0.15) is 32.6 Å². The van der Waals surface area contributed by atoms with Gasteiger partial charge in [-0.2, -0.15) is 0 Å². The molecule has 0 saturated heterocycles. The Bertz CT molecular complexity index is 562. The molecule has 0 bridgehead atoms. The summed E-state index contributed by atoms with van der Waals surface area (Å²) in [4.78, 5) is 4.41. The van der Waals surface area contributed by atoms with Crippen molar-refractivity contribution < 1.29 is 14.6 Å². The predicted octanol–water partition coefficient (Wildman–Crippen LogP) is 2.37. The number of aliphatic imine (C=N–C) groups is 1. The van der Waals surface area contributed by atoms with Crippen molar-refractivity contribution in [2.75, 3.05) is 26.1 Å². The van der Waals surface area contributed by atoms with E-state index < -0.39 is 0 Å². The molecule has 0 aromatic heterocycles.